The van der Waals surface area contributed by atoms with Crippen molar-refractivity contribution in [2.24, 2.45) is 0 Å². The zero-order valence-corrected chi connectivity index (χ0v) is 26.6. The third kappa shape index (κ3) is 5.27. The minimum absolute atomic E-state index is 0.0805. The summed E-state index contributed by atoms with van der Waals surface area (Å²) in [6, 6.07) is 13.6. The number of carbonyl (C=O) groups excluding carboxylic acids is 2. The number of hydrogen-bond donors (Lipinski definition) is 1. The Hall–Kier alpha value is -4.90. The van der Waals surface area contributed by atoms with E-state index in [1.54, 1.807) is 18.2 Å². The number of thiazole rings is 1. The highest BCUT2D eigenvalue weighted by Crippen LogP contribution is 2.46. The van der Waals surface area contributed by atoms with Gasteiger partial charge in [0.05, 0.1) is 47.3 Å². The Balaban J connectivity index is 1.57. The summed E-state index contributed by atoms with van der Waals surface area (Å²) < 4.78 is 20.2. The number of hydrogen-bond acceptors (Lipinski definition) is 9. The van der Waals surface area contributed by atoms with Gasteiger partial charge in [-0.3, -0.25) is 14.5 Å². The van der Waals surface area contributed by atoms with Gasteiger partial charge in [0.2, 0.25) is 0 Å². The van der Waals surface area contributed by atoms with Crippen LogP contribution in [0.25, 0.3) is 21.6 Å². The minimum Gasteiger partial charge on any atom is -0.505 e. The number of Topliss-reactive ketones (excluding diaryl/α,β-unsaturated/α-hetero) is 1. The van der Waals surface area contributed by atoms with Crippen molar-refractivity contribution in [3.63, 3.8) is 0 Å². The number of nitrogens with zero attached hydrogens (tertiary/aromatic N) is 4. The van der Waals surface area contributed by atoms with E-state index in [0.29, 0.717) is 64.6 Å². The highest BCUT2D eigenvalue weighted by molar-refractivity contribution is 7.22. The molecule has 3 aromatic heterocycles. The molecule has 1 aliphatic rings. The van der Waals surface area contributed by atoms with Crippen molar-refractivity contribution in [3.05, 3.63) is 82.8 Å². The Labute approximate surface area is 264 Å². The molecular weight excluding hydrogens is 592 g/mol. The topological polar surface area (TPSA) is 115 Å². The maximum atomic E-state index is 13.9. The maximum Gasteiger partial charge on any atom is 0.301 e. The molecule has 5 aromatic rings. The number of aliphatic hydroxyl groups is 1. The van der Waals surface area contributed by atoms with Crippen molar-refractivity contribution in [2.75, 3.05) is 24.7 Å². The molecule has 1 fully saturated rings. The number of aliphatic hydroxyl groups excluding tert-OH is 1. The van der Waals surface area contributed by atoms with Gasteiger partial charge in [0.1, 0.15) is 17.1 Å². The fourth-order valence-electron chi connectivity index (χ4n) is 5.57. The number of fused-ring (bicyclic) bond motifs is 2. The van der Waals surface area contributed by atoms with Gasteiger partial charge in [0.15, 0.2) is 22.4 Å². The minimum atomic E-state index is -1.01. The molecule has 11 heteroatoms. The van der Waals surface area contributed by atoms with Crippen molar-refractivity contribution in [3.8, 4) is 17.2 Å². The lowest BCUT2D eigenvalue weighted by atomic mass is 9.96. The SMILES string of the molecule is CCCOc1ccc(C2/C(=C(\O)c3nc4c(C)cccn4c3C)C(=O)C(=O)N2c2nc3ccc(OCC)cc3s2)cc1OCC. The molecule has 10 nitrogen and oxygen atoms in total. The first kappa shape index (κ1) is 30.1. The molecule has 0 bridgehead atoms. The van der Waals surface area contributed by atoms with Crippen molar-refractivity contribution < 1.29 is 28.9 Å². The summed E-state index contributed by atoms with van der Waals surface area (Å²) in [5.41, 5.74) is 3.54. The molecule has 1 N–H and O–H groups in total. The highest BCUT2D eigenvalue weighted by Gasteiger charge is 2.49. The summed E-state index contributed by atoms with van der Waals surface area (Å²) in [6.07, 6.45) is 2.66. The summed E-state index contributed by atoms with van der Waals surface area (Å²) >= 11 is 1.27. The summed E-state index contributed by atoms with van der Waals surface area (Å²) in [5.74, 6) is -0.281. The number of ketones is 1. The molecule has 45 heavy (non-hydrogen) atoms. The standard InChI is InChI=1S/C34H34N4O6S/c1-6-16-44-24-14-11-21(17-25(24)43-8-3)29-27(30(39)28-20(5)37-15-9-10-19(4)32(37)36-28)31(40)33(41)38(29)34-35-23-13-12-22(42-7-2)18-26(23)45-34/h9-15,17-18,29,39H,6-8,16H2,1-5H3/b30-27+. The number of anilines is 1. The smallest absolute Gasteiger partial charge is 0.301 e. The van der Waals surface area contributed by atoms with Gasteiger partial charge in [0, 0.05) is 6.20 Å². The summed E-state index contributed by atoms with van der Waals surface area (Å²) in [7, 11) is 0. The first-order chi connectivity index (χ1) is 21.8. The van der Waals surface area contributed by atoms with Crippen molar-refractivity contribution in [2.45, 2.75) is 47.1 Å². The molecule has 1 saturated heterocycles. The Bertz CT molecular complexity index is 1980. The van der Waals surface area contributed by atoms with Crippen LogP contribution in [0, 0.1) is 13.8 Å². The van der Waals surface area contributed by atoms with Crippen LogP contribution in [0.5, 0.6) is 17.2 Å². The van der Waals surface area contributed by atoms with E-state index >= 15 is 0 Å². The van der Waals surface area contributed by atoms with Crippen molar-refractivity contribution >= 4 is 49.8 Å². The van der Waals surface area contributed by atoms with Crippen LogP contribution < -0.4 is 19.1 Å². The molecule has 1 aliphatic heterocycles. The average molecular weight is 627 g/mol. The molecule has 4 heterocycles. The van der Waals surface area contributed by atoms with E-state index in [1.165, 1.54) is 16.2 Å². The van der Waals surface area contributed by atoms with Crippen molar-refractivity contribution in [1.29, 1.82) is 0 Å². The fraction of sp³-hybridized carbons (Fsp3) is 0.294. The molecule has 232 valence electrons. The molecule has 0 radical (unpaired) electrons. The molecule has 0 aliphatic carbocycles. The predicted molar refractivity (Wildman–Crippen MR) is 174 cm³/mol. The highest BCUT2D eigenvalue weighted by atomic mass is 32.1. The molecule has 0 saturated carbocycles. The number of carbonyl (C=O) groups is 2. The van der Waals surface area contributed by atoms with Crippen LogP contribution in [-0.2, 0) is 9.59 Å². The number of aryl methyl sites for hydroxylation is 2. The van der Waals surface area contributed by atoms with E-state index in [0.717, 1.165) is 16.7 Å². The number of pyridine rings is 1. The Morgan fingerprint density at radius 2 is 1.76 bits per heavy atom. The van der Waals surface area contributed by atoms with Gasteiger partial charge < -0.3 is 23.7 Å². The zero-order valence-electron chi connectivity index (χ0n) is 25.8. The largest absolute Gasteiger partial charge is 0.505 e. The fourth-order valence-corrected chi connectivity index (χ4v) is 6.59. The van der Waals surface area contributed by atoms with E-state index in [1.807, 2.05) is 75.5 Å². The third-order valence-corrected chi connectivity index (χ3v) is 8.68. The monoisotopic (exact) mass is 626 g/mol. The lowest BCUT2D eigenvalue weighted by Crippen LogP contribution is -2.29. The molecule has 1 amide bonds. The molecule has 1 unspecified atom stereocenters. The number of aromatic nitrogens is 3. The Kier molecular flexibility index (Phi) is 8.20. The number of amides is 1. The van der Waals surface area contributed by atoms with Crippen LogP contribution >= 0.6 is 11.3 Å². The van der Waals surface area contributed by atoms with E-state index in [9.17, 15) is 14.7 Å². The second-order valence-corrected chi connectivity index (χ2v) is 11.7. The van der Waals surface area contributed by atoms with Gasteiger partial charge in [-0.25, -0.2) is 9.97 Å². The van der Waals surface area contributed by atoms with Crippen LogP contribution in [0.15, 0.2) is 60.3 Å². The average Bonchev–Trinajstić information content (AvgIpc) is 3.68. The lowest BCUT2D eigenvalue weighted by molar-refractivity contribution is -0.132. The molecule has 1 atom stereocenters. The molecule has 2 aromatic carbocycles. The number of benzene rings is 2. The predicted octanol–water partition coefficient (Wildman–Crippen LogP) is 6.77. The van der Waals surface area contributed by atoms with Crippen LogP contribution in [0.4, 0.5) is 5.13 Å². The van der Waals surface area contributed by atoms with Gasteiger partial charge >= 0.3 is 5.91 Å². The summed E-state index contributed by atoms with van der Waals surface area (Å²) in [4.78, 5) is 38.6. The van der Waals surface area contributed by atoms with Crippen LogP contribution in [0.3, 0.4) is 0 Å². The summed E-state index contributed by atoms with van der Waals surface area (Å²) in [6.45, 7) is 10.9. The second-order valence-electron chi connectivity index (χ2n) is 10.6. The third-order valence-electron chi connectivity index (χ3n) is 7.66. The van der Waals surface area contributed by atoms with Gasteiger partial charge in [0.25, 0.3) is 5.78 Å². The van der Waals surface area contributed by atoms with Crippen LogP contribution in [-0.4, -0.2) is 51.0 Å². The molecular formula is C34H34N4O6S. The number of rotatable bonds is 10. The zero-order chi connectivity index (χ0) is 31.8. The van der Waals surface area contributed by atoms with Gasteiger partial charge in [-0.05, 0) is 81.6 Å². The maximum absolute atomic E-state index is 13.9. The first-order valence-electron chi connectivity index (χ1n) is 15.0. The Morgan fingerprint density at radius 1 is 0.956 bits per heavy atom. The summed E-state index contributed by atoms with van der Waals surface area (Å²) in [5, 5.41) is 12.2. The van der Waals surface area contributed by atoms with E-state index in [2.05, 4.69) is 0 Å². The number of ether oxygens (including phenoxy) is 3. The molecule has 0 spiro atoms. The Morgan fingerprint density at radius 3 is 2.49 bits per heavy atom. The molecule has 6 rings (SSSR count). The van der Waals surface area contributed by atoms with Gasteiger partial charge in [-0.15, -0.1) is 0 Å². The van der Waals surface area contributed by atoms with Gasteiger partial charge in [-0.2, -0.15) is 0 Å². The van der Waals surface area contributed by atoms with E-state index in [-0.39, 0.29) is 17.0 Å². The normalized spacial score (nSPS) is 16.2. The lowest BCUT2D eigenvalue weighted by Gasteiger charge is -2.24. The van der Waals surface area contributed by atoms with Crippen LogP contribution in [0.1, 0.15) is 55.7 Å². The second kappa shape index (κ2) is 12.2. The number of imidazole rings is 1. The van der Waals surface area contributed by atoms with Crippen molar-refractivity contribution in [1.82, 2.24) is 14.4 Å². The first-order valence-corrected chi connectivity index (χ1v) is 15.8. The van der Waals surface area contributed by atoms with Gasteiger partial charge in [-0.1, -0.05) is 30.4 Å². The van der Waals surface area contributed by atoms with E-state index in [4.69, 9.17) is 24.2 Å². The van der Waals surface area contributed by atoms with Crippen LogP contribution in [0.2, 0.25) is 0 Å². The van der Waals surface area contributed by atoms with E-state index < -0.39 is 17.7 Å². The quantitative estimate of drug-likeness (QED) is 0.103.